The first-order valence-corrected chi connectivity index (χ1v) is 9.63. The van der Waals surface area contributed by atoms with Crippen LogP contribution in [0.1, 0.15) is 24.3 Å². The van der Waals surface area contributed by atoms with Crippen LogP contribution < -0.4 is 5.56 Å². The van der Waals surface area contributed by atoms with Crippen molar-refractivity contribution in [3.8, 4) is 11.4 Å². The first-order valence-electron chi connectivity index (χ1n) is 9.63. The van der Waals surface area contributed by atoms with Gasteiger partial charge in [-0.25, -0.2) is 9.67 Å². The molecule has 6 nitrogen and oxygen atoms in total. The lowest BCUT2D eigenvalue weighted by molar-refractivity contribution is -0.000958. The first-order chi connectivity index (χ1) is 13.7. The van der Waals surface area contributed by atoms with Gasteiger partial charge in [0.2, 0.25) is 0 Å². The highest BCUT2D eigenvalue weighted by atomic mass is 16.5. The second kappa shape index (κ2) is 8.46. The second-order valence-corrected chi connectivity index (χ2v) is 6.94. The van der Waals surface area contributed by atoms with Crippen molar-refractivity contribution < 1.29 is 4.74 Å². The average molecular weight is 376 g/mol. The van der Waals surface area contributed by atoms with Crippen LogP contribution in [0.5, 0.6) is 0 Å². The minimum atomic E-state index is -0.156. The Bertz CT molecular complexity index is 967. The van der Waals surface area contributed by atoms with Crippen molar-refractivity contribution in [2.24, 2.45) is 0 Å². The minimum Gasteiger partial charge on any atom is -0.379 e. The number of hydrogen-bond acceptors (Lipinski definition) is 5. The fourth-order valence-electron chi connectivity index (χ4n) is 3.45. The Morgan fingerprint density at radius 3 is 2.32 bits per heavy atom. The molecule has 0 bridgehead atoms. The average Bonchev–Trinajstić information content (AvgIpc) is 2.76. The third-order valence-electron chi connectivity index (χ3n) is 5.07. The van der Waals surface area contributed by atoms with E-state index in [1.807, 2.05) is 67.6 Å². The van der Waals surface area contributed by atoms with Crippen LogP contribution in [0.2, 0.25) is 0 Å². The Balaban J connectivity index is 1.77. The first kappa shape index (κ1) is 18.5. The van der Waals surface area contributed by atoms with Crippen molar-refractivity contribution in [1.29, 1.82) is 0 Å². The number of ether oxygens (including phenoxy) is 1. The Morgan fingerprint density at radius 2 is 1.64 bits per heavy atom. The zero-order chi connectivity index (χ0) is 19.3. The molecule has 1 saturated heterocycles. The molecule has 1 aliphatic rings. The summed E-state index contributed by atoms with van der Waals surface area (Å²) in [5.41, 5.74) is 2.34. The van der Waals surface area contributed by atoms with E-state index in [0.717, 1.165) is 24.2 Å². The van der Waals surface area contributed by atoms with Gasteiger partial charge >= 0.3 is 0 Å². The number of nitrogens with zero attached hydrogens (tertiary/aromatic N) is 4. The zero-order valence-electron chi connectivity index (χ0n) is 16.0. The molecule has 1 atom stereocenters. The van der Waals surface area contributed by atoms with Gasteiger partial charge < -0.3 is 4.74 Å². The molecule has 2 aromatic carbocycles. The Morgan fingerprint density at radius 1 is 1.00 bits per heavy atom. The number of morpholine rings is 1. The van der Waals surface area contributed by atoms with Gasteiger partial charge in [0.05, 0.1) is 13.2 Å². The molecule has 0 N–H and O–H groups in total. The monoisotopic (exact) mass is 376 g/mol. The minimum absolute atomic E-state index is 0.137. The highest BCUT2D eigenvalue weighted by Gasteiger charge is 2.23. The number of rotatable bonds is 5. The van der Waals surface area contributed by atoms with Gasteiger partial charge in [-0.3, -0.25) is 9.69 Å². The Hall–Kier alpha value is -2.83. The summed E-state index contributed by atoms with van der Waals surface area (Å²) in [6.07, 6.45) is 0.328. The summed E-state index contributed by atoms with van der Waals surface area (Å²) in [5, 5.41) is 4.63. The maximum Gasteiger partial charge on any atom is 0.290 e. The van der Waals surface area contributed by atoms with E-state index < -0.39 is 0 Å². The summed E-state index contributed by atoms with van der Waals surface area (Å²) < 4.78 is 7.03. The van der Waals surface area contributed by atoms with Gasteiger partial charge in [0.25, 0.3) is 5.56 Å². The van der Waals surface area contributed by atoms with Crippen LogP contribution in [-0.2, 0) is 11.2 Å². The van der Waals surface area contributed by atoms with Crippen LogP contribution in [-0.4, -0.2) is 46.0 Å². The molecule has 144 valence electrons. The number of benzene rings is 2. The molecule has 2 heterocycles. The number of aromatic nitrogens is 3. The van der Waals surface area contributed by atoms with Crippen LogP contribution in [0.4, 0.5) is 0 Å². The van der Waals surface area contributed by atoms with Crippen molar-refractivity contribution in [3.05, 3.63) is 82.3 Å². The van der Waals surface area contributed by atoms with Crippen LogP contribution >= 0.6 is 0 Å². The van der Waals surface area contributed by atoms with Gasteiger partial charge in [-0.15, -0.1) is 5.10 Å². The predicted molar refractivity (Wildman–Crippen MR) is 108 cm³/mol. The van der Waals surface area contributed by atoms with Crippen molar-refractivity contribution in [2.45, 2.75) is 19.5 Å². The van der Waals surface area contributed by atoms with Gasteiger partial charge in [0.1, 0.15) is 11.9 Å². The fraction of sp³-hybridized carbons (Fsp3) is 0.318. The smallest absolute Gasteiger partial charge is 0.290 e. The van der Waals surface area contributed by atoms with Crippen LogP contribution in [0.15, 0.2) is 65.5 Å². The molecular formula is C22H24N4O2. The fourth-order valence-corrected chi connectivity index (χ4v) is 3.45. The molecule has 1 fully saturated rings. The molecule has 0 radical (unpaired) electrons. The van der Waals surface area contributed by atoms with Crippen molar-refractivity contribution >= 4 is 0 Å². The largest absolute Gasteiger partial charge is 0.379 e. The van der Waals surface area contributed by atoms with Crippen LogP contribution in [0.3, 0.4) is 0 Å². The molecule has 0 amide bonds. The van der Waals surface area contributed by atoms with Gasteiger partial charge in [0.15, 0.2) is 5.82 Å². The maximum atomic E-state index is 13.2. The molecule has 1 aliphatic heterocycles. The van der Waals surface area contributed by atoms with E-state index in [2.05, 4.69) is 15.0 Å². The predicted octanol–water partition coefficient (Wildman–Crippen LogP) is 2.75. The number of hydrogen-bond donors (Lipinski definition) is 0. The van der Waals surface area contributed by atoms with E-state index in [-0.39, 0.29) is 11.7 Å². The zero-order valence-corrected chi connectivity index (χ0v) is 16.0. The van der Waals surface area contributed by atoms with E-state index in [9.17, 15) is 4.79 Å². The molecule has 1 aromatic heterocycles. The molecule has 0 spiro atoms. The quantitative estimate of drug-likeness (QED) is 0.685. The SMILES string of the molecule is CC(N1CCOCC1)n1nc(-c2ccccc2)nc(Cc2ccccc2)c1=O. The third-order valence-corrected chi connectivity index (χ3v) is 5.07. The van der Waals surface area contributed by atoms with Gasteiger partial charge in [0, 0.05) is 25.1 Å². The normalized spacial score (nSPS) is 16.0. The van der Waals surface area contributed by atoms with E-state index >= 15 is 0 Å². The second-order valence-electron chi connectivity index (χ2n) is 6.94. The molecule has 3 aromatic rings. The summed E-state index contributed by atoms with van der Waals surface area (Å²) in [7, 11) is 0. The summed E-state index contributed by atoms with van der Waals surface area (Å²) in [6, 6.07) is 19.8. The summed E-state index contributed by atoms with van der Waals surface area (Å²) in [4.78, 5) is 20.1. The van der Waals surface area contributed by atoms with E-state index in [0.29, 0.717) is 31.2 Å². The lowest BCUT2D eigenvalue weighted by Gasteiger charge is -2.32. The Kier molecular flexibility index (Phi) is 5.60. The molecule has 4 rings (SSSR count). The summed E-state index contributed by atoms with van der Waals surface area (Å²) >= 11 is 0. The van der Waals surface area contributed by atoms with Crippen molar-refractivity contribution in [2.75, 3.05) is 26.3 Å². The topological polar surface area (TPSA) is 60.2 Å². The molecular weight excluding hydrogens is 352 g/mol. The lowest BCUT2D eigenvalue weighted by Crippen LogP contribution is -2.44. The van der Waals surface area contributed by atoms with Crippen LogP contribution in [0, 0.1) is 0 Å². The third kappa shape index (κ3) is 4.03. The van der Waals surface area contributed by atoms with E-state index in [4.69, 9.17) is 4.74 Å². The van der Waals surface area contributed by atoms with Crippen molar-refractivity contribution in [3.63, 3.8) is 0 Å². The van der Waals surface area contributed by atoms with E-state index in [1.54, 1.807) is 4.68 Å². The summed E-state index contributed by atoms with van der Waals surface area (Å²) in [6.45, 7) is 4.93. The molecule has 6 heteroatoms. The van der Waals surface area contributed by atoms with E-state index in [1.165, 1.54) is 0 Å². The molecule has 0 aliphatic carbocycles. The van der Waals surface area contributed by atoms with Crippen molar-refractivity contribution in [1.82, 2.24) is 19.7 Å². The molecule has 1 unspecified atom stereocenters. The maximum absolute atomic E-state index is 13.2. The van der Waals surface area contributed by atoms with Gasteiger partial charge in [-0.05, 0) is 12.5 Å². The highest BCUT2D eigenvalue weighted by Crippen LogP contribution is 2.17. The van der Waals surface area contributed by atoms with Crippen LogP contribution in [0.25, 0.3) is 11.4 Å². The Labute approximate surface area is 164 Å². The lowest BCUT2D eigenvalue weighted by atomic mass is 10.1. The van der Waals surface area contributed by atoms with Gasteiger partial charge in [-0.2, -0.15) is 0 Å². The van der Waals surface area contributed by atoms with Gasteiger partial charge in [-0.1, -0.05) is 60.7 Å². The highest BCUT2D eigenvalue weighted by molar-refractivity contribution is 5.53. The summed E-state index contributed by atoms with van der Waals surface area (Å²) in [5.74, 6) is 0.575. The molecule has 0 saturated carbocycles. The molecule has 28 heavy (non-hydrogen) atoms. The standard InChI is InChI=1S/C22H24N4O2/c1-17(25-12-14-28-15-13-25)26-22(27)20(16-18-8-4-2-5-9-18)23-21(24-26)19-10-6-3-7-11-19/h2-11,17H,12-16H2,1H3.